The normalized spacial score (nSPS) is 21.4. The molecule has 4 aliphatic rings. The second-order valence-electron chi connectivity index (χ2n) is 13.6. The van der Waals surface area contributed by atoms with Crippen molar-refractivity contribution in [1.82, 2.24) is 0 Å². The summed E-state index contributed by atoms with van der Waals surface area (Å²) in [5.41, 5.74) is 16.3. The van der Waals surface area contributed by atoms with Gasteiger partial charge in [-0.05, 0) is 98.3 Å². The van der Waals surface area contributed by atoms with Crippen molar-refractivity contribution in [3.63, 3.8) is 0 Å². The number of rotatable bonds is 1. The molecule has 1 spiro atoms. The van der Waals surface area contributed by atoms with Crippen molar-refractivity contribution in [3.8, 4) is 39.1 Å². The highest BCUT2D eigenvalue weighted by atomic mass is 16.5. The van der Waals surface area contributed by atoms with E-state index in [1.165, 1.54) is 72.3 Å². The van der Waals surface area contributed by atoms with Gasteiger partial charge in [0.25, 0.3) is 0 Å². The van der Waals surface area contributed by atoms with Gasteiger partial charge in [0.15, 0.2) is 0 Å². The predicted molar refractivity (Wildman–Crippen MR) is 190 cm³/mol. The molecule has 0 saturated carbocycles. The Balaban J connectivity index is 1.36. The van der Waals surface area contributed by atoms with Crippen LogP contribution >= 0.6 is 0 Å². The summed E-state index contributed by atoms with van der Waals surface area (Å²) >= 11 is 0. The summed E-state index contributed by atoms with van der Waals surface area (Å²) in [5, 5.41) is 0. The van der Waals surface area contributed by atoms with Gasteiger partial charge < -0.3 is 4.74 Å². The summed E-state index contributed by atoms with van der Waals surface area (Å²) < 4.78 is 6.90. The molecule has 0 fully saturated rings. The van der Waals surface area contributed by atoms with Gasteiger partial charge >= 0.3 is 0 Å². The summed E-state index contributed by atoms with van der Waals surface area (Å²) in [6.45, 7) is 9.09. The van der Waals surface area contributed by atoms with E-state index in [0.29, 0.717) is 0 Å². The van der Waals surface area contributed by atoms with Crippen LogP contribution in [0.5, 0.6) is 5.75 Å². The first kappa shape index (κ1) is 27.2. The number of hydrogen-bond acceptors (Lipinski definition) is 1. The van der Waals surface area contributed by atoms with E-state index in [9.17, 15) is 0 Å². The molecule has 0 aromatic heterocycles. The van der Waals surface area contributed by atoms with E-state index in [4.69, 9.17) is 4.74 Å². The van der Waals surface area contributed by atoms with Crippen LogP contribution in [-0.4, -0.2) is 0 Å². The SMILES string of the molecule is C/C=C1/Oc2ccc(-c3ccc4c(c3)-c3ccccc3C4(C)C)cc2C2(/C1=C1\C=CC=CC1C)c1ccccc1-c1ccccc12. The van der Waals surface area contributed by atoms with E-state index < -0.39 is 5.41 Å². The largest absolute Gasteiger partial charge is 0.457 e. The van der Waals surface area contributed by atoms with Crippen LogP contribution < -0.4 is 4.74 Å². The Hall–Kier alpha value is -5.14. The number of allylic oxidation sites excluding steroid dienone is 7. The van der Waals surface area contributed by atoms with Crippen molar-refractivity contribution < 1.29 is 4.74 Å². The molecule has 0 saturated heterocycles. The molecule has 0 bridgehead atoms. The second kappa shape index (κ2) is 9.68. The highest BCUT2D eigenvalue weighted by Gasteiger charge is 2.53. The van der Waals surface area contributed by atoms with Gasteiger partial charge in [0.05, 0.1) is 5.41 Å². The zero-order valence-electron chi connectivity index (χ0n) is 26.8. The Morgan fingerprint density at radius 2 is 1.20 bits per heavy atom. The molecule has 1 atom stereocenters. The molecular weight excluding hydrogens is 556 g/mol. The van der Waals surface area contributed by atoms with Crippen molar-refractivity contribution in [1.29, 1.82) is 0 Å². The Morgan fingerprint density at radius 3 is 1.87 bits per heavy atom. The fourth-order valence-electron chi connectivity index (χ4n) is 8.79. The van der Waals surface area contributed by atoms with Crippen LogP contribution in [0.25, 0.3) is 33.4 Å². The third kappa shape index (κ3) is 3.46. The Kier molecular flexibility index (Phi) is 5.72. The smallest absolute Gasteiger partial charge is 0.132 e. The third-order valence-corrected chi connectivity index (χ3v) is 10.9. The first-order valence-corrected chi connectivity index (χ1v) is 16.5. The molecule has 1 aliphatic heterocycles. The molecule has 9 rings (SSSR count). The predicted octanol–water partition coefficient (Wildman–Crippen LogP) is 11.3. The van der Waals surface area contributed by atoms with Gasteiger partial charge in [-0.2, -0.15) is 0 Å². The van der Waals surface area contributed by atoms with E-state index in [0.717, 1.165) is 11.5 Å². The van der Waals surface area contributed by atoms with Crippen molar-refractivity contribution in [2.45, 2.75) is 38.5 Å². The molecule has 5 aromatic carbocycles. The van der Waals surface area contributed by atoms with Gasteiger partial charge in [-0.25, -0.2) is 0 Å². The molecule has 5 aromatic rings. The molecule has 3 aliphatic carbocycles. The topological polar surface area (TPSA) is 9.23 Å². The van der Waals surface area contributed by atoms with E-state index >= 15 is 0 Å². The average Bonchev–Trinajstić information content (AvgIpc) is 3.51. The summed E-state index contributed by atoms with van der Waals surface area (Å²) in [6.07, 6.45) is 11.1. The van der Waals surface area contributed by atoms with Crippen LogP contribution in [0.3, 0.4) is 0 Å². The van der Waals surface area contributed by atoms with Gasteiger partial charge in [-0.1, -0.05) is 136 Å². The van der Waals surface area contributed by atoms with Crippen LogP contribution in [0.15, 0.2) is 156 Å². The Morgan fingerprint density at radius 1 is 0.609 bits per heavy atom. The van der Waals surface area contributed by atoms with E-state index in [-0.39, 0.29) is 11.3 Å². The summed E-state index contributed by atoms with van der Waals surface area (Å²) in [6, 6.07) is 40.8. The summed E-state index contributed by atoms with van der Waals surface area (Å²) in [5.74, 6) is 2.11. The van der Waals surface area contributed by atoms with Crippen molar-refractivity contribution in [2.75, 3.05) is 0 Å². The maximum atomic E-state index is 6.90. The maximum Gasteiger partial charge on any atom is 0.132 e. The monoisotopic (exact) mass is 592 g/mol. The fraction of sp³-hybridized carbons (Fsp3) is 0.156. The van der Waals surface area contributed by atoms with Crippen LogP contribution in [0.1, 0.15) is 55.5 Å². The number of benzene rings is 5. The Labute approximate surface area is 271 Å². The van der Waals surface area contributed by atoms with Crippen LogP contribution in [-0.2, 0) is 10.8 Å². The molecule has 0 amide bonds. The first-order chi connectivity index (χ1) is 22.4. The molecule has 46 heavy (non-hydrogen) atoms. The molecule has 1 heteroatoms. The van der Waals surface area contributed by atoms with Gasteiger partial charge in [-0.15, -0.1) is 0 Å². The maximum absolute atomic E-state index is 6.90. The minimum Gasteiger partial charge on any atom is -0.457 e. The minimum atomic E-state index is -0.525. The van der Waals surface area contributed by atoms with Gasteiger partial charge in [0, 0.05) is 16.6 Å². The molecular formula is C45H36O. The third-order valence-electron chi connectivity index (χ3n) is 10.9. The first-order valence-electron chi connectivity index (χ1n) is 16.5. The van der Waals surface area contributed by atoms with Crippen molar-refractivity contribution in [3.05, 3.63) is 184 Å². The number of ether oxygens (including phenoxy) is 1. The second-order valence-corrected chi connectivity index (χ2v) is 13.6. The molecule has 222 valence electrons. The quantitative estimate of drug-likeness (QED) is 0.188. The van der Waals surface area contributed by atoms with Gasteiger partial charge in [0.2, 0.25) is 0 Å². The summed E-state index contributed by atoms with van der Waals surface area (Å²) in [4.78, 5) is 0. The zero-order valence-corrected chi connectivity index (χ0v) is 26.8. The van der Waals surface area contributed by atoms with Crippen LogP contribution in [0.4, 0.5) is 0 Å². The number of fused-ring (bicyclic) bond motifs is 10. The fourth-order valence-corrected chi connectivity index (χ4v) is 8.79. The minimum absolute atomic E-state index is 0.0158. The lowest BCUT2D eigenvalue weighted by Gasteiger charge is -2.43. The van der Waals surface area contributed by atoms with Crippen LogP contribution in [0, 0.1) is 5.92 Å². The Bertz CT molecular complexity index is 2190. The van der Waals surface area contributed by atoms with Crippen LogP contribution in [0.2, 0.25) is 0 Å². The zero-order chi connectivity index (χ0) is 31.2. The lowest BCUT2D eigenvalue weighted by molar-refractivity contribution is 0.386. The summed E-state index contributed by atoms with van der Waals surface area (Å²) in [7, 11) is 0. The average molecular weight is 593 g/mol. The number of hydrogen-bond donors (Lipinski definition) is 0. The van der Waals surface area contributed by atoms with E-state index in [1.54, 1.807) is 0 Å². The standard InChI is InChI=1S/C45H36O/c1-5-41-43(31-15-7-6-14-28(31)2)45(38-20-12-9-16-32(38)33-17-10-13-21-39(33)45)40-27-30(23-25-42(40)46-41)29-22-24-37-35(26-29)34-18-8-11-19-36(34)44(37,3)4/h5-28H,1-4H3/b41-5+,43-31+. The van der Waals surface area contributed by atoms with Crippen molar-refractivity contribution >= 4 is 0 Å². The molecule has 0 N–H and O–H groups in total. The van der Waals surface area contributed by atoms with Gasteiger partial charge in [0.1, 0.15) is 11.5 Å². The highest BCUT2D eigenvalue weighted by molar-refractivity contribution is 5.90. The molecule has 1 heterocycles. The van der Waals surface area contributed by atoms with E-state index in [2.05, 4.69) is 167 Å². The van der Waals surface area contributed by atoms with Gasteiger partial charge in [-0.3, -0.25) is 0 Å². The lowest BCUT2D eigenvalue weighted by atomic mass is 9.62. The molecule has 1 nitrogen and oxygen atoms in total. The molecule has 0 radical (unpaired) electrons. The lowest BCUT2D eigenvalue weighted by Crippen LogP contribution is -2.37. The van der Waals surface area contributed by atoms with E-state index in [1.807, 2.05) is 0 Å². The molecule has 1 unspecified atom stereocenters. The highest BCUT2D eigenvalue weighted by Crippen LogP contribution is 2.63. The van der Waals surface area contributed by atoms with Crippen molar-refractivity contribution in [2.24, 2.45) is 5.92 Å².